The number of aryl methyl sites for hydroxylation is 1. The van der Waals surface area contributed by atoms with Gasteiger partial charge in [0.1, 0.15) is 18.1 Å². The average molecular weight is 354 g/mol. The van der Waals surface area contributed by atoms with E-state index in [1.165, 1.54) is 6.07 Å². The molecule has 7 heteroatoms. The van der Waals surface area contributed by atoms with E-state index in [1.54, 1.807) is 30.3 Å². The standard InChI is InChI=1S/C16H16ClNO4S/c1-11-2-5-16(13(17)8-11)23(19,20)18-10-12-3-4-14-15(9-12)22-7-6-21-14/h2-5,8-9,18H,6-7,10H2,1H3. The first kappa shape index (κ1) is 16.1. The van der Waals surface area contributed by atoms with Crippen LogP contribution in [0.5, 0.6) is 11.5 Å². The van der Waals surface area contributed by atoms with E-state index in [0.29, 0.717) is 24.7 Å². The largest absolute Gasteiger partial charge is 0.486 e. The highest BCUT2D eigenvalue weighted by atomic mass is 35.5. The van der Waals surface area contributed by atoms with Gasteiger partial charge in [-0.25, -0.2) is 13.1 Å². The van der Waals surface area contributed by atoms with Crippen LogP contribution in [0.2, 0.25) is 5.02 Å². The van der Waals surface area contributed by atoms with Crippen molar-refractivity contribution in [2.75, 3.05) is 13.2 Å². The molecule has 2 aromatic rings. The fourth-order valence-corrected chi connectivity index (χ4v) is 3.89. The van der Waals surface area contributed by atoms with E-state index in [9.17, 15) is 8.42 Å². The van der Waals surface area contributed by atoms with Crippen molar-refractivity contribution in [3.8, 4) is 11.5 Å². The molecule has 0 atom stereocenters. The van der Waals surface area contributed by atoms with Crippen LogP contribution in [-0.2, 0) is 16.6 Å². The molecular formula is C16H16ClNO4S. The summed E-state index contributed by atoms with van der Waals surface area (Å²) >= 11 is 6.03. The number of hydrogen-bond donors (Lipinski definition) is 1. The zero-order chi connectivity index (χ0) is 16.4. The first-order chi connectivity index (χ1) is 11.0. The summed E-state index contributed by atoms with van der Waals surface area (Å²) in [5, 5.41) is 0.208. The number of benzene rings is 2. The molecule has 1 aliphatic heterocycles. The first-order valence-corrected chi connectivity index (χ1v) is 8.96. The van der Waals surface area contributed by atoms with Crippen LogP contribution in [0.25, 0.3) is 0 Å². The highest BCUT2D eigenvalue weighted by Crippen LogP contribution is 2.31. The van der Waals surface area contributed by atoms with Crippen LogP contribution in [-0.4, -0.2) is 21.6 Å². The predicted molar refractivity (Wildman–Crippen MR) is 87.6 cm³/mol. The smallest absolute Gasteiger partial charge is 0.242 e. The summed E-state index contributed by atoms with van der Waals surface area (Å²) in [6.07, 6.45) is 0. The van der Waals surface area contributed by atoms with Crippen LogP contribution in [0.3, 0.4) is 0 Å². The van der Waals surface area contributed by atoms with E-state index in [-0.39, 0.29) is 16.5 Å². The topological polar surface area (TPSA) is 64.6 Å². The van der Waals surface area contributed by atoms with Gasteiger partial charge in [-0.3, -0.25) is 0 Å². The van der Waals surface area contributed by atoms with Crippen molar-refractivity contribution in [2.24, 2.45) is 0 Å². The van der Waals surface area contributed by atoms with Gasteiger partial charge in [0, 0.05) is 6.54 Å². The van der Waals surface area contributed by atoms with E-state index in [2.05, 4.69) is 4.72 Å². The van der Waals surface area contributed by atoms with Crippen molar-refractivity contribution in [1.82, 2.24) is 4.72 Å². The Balaban J connectivity index is 1.76. The second-order valence-electron chi connectivity index (χ2n) is 5.24. The lowest BCUT2D eigenvalue weighted by molar-refractivity contribution is 0.171. The second kappa shape index (κ2) is 6.39. The van der Waals surface area contributed by atoms with Crippen molar-refractivity contribution in [3.63, 3.8) is 0 Å². The van der Waals surface area contributed by atoms with Gasteiger partial charge < -0.3 is 9.47 Å². The van der Waals surface area contributed by atoms with Gasteiger partial charge in [-0.05, 0) is 42.3 Å². The van der Waals surface area contributed by atoms with Crippen LogP contribution in [0.1, 0.15) is 11.1 Å². The Kier molecular flexibility index (Phi) is 4.48. The van der Waals surface area contributed by atoms with Gasteiger partial charge in [-0.15, -0.1) is 0 Å². The molecule has 0 spiro atoms. The molecule has 0 bridgehead atoms. The molecule has 1 N–H and O–H groups in total. The predicted octanol–water partition coefficient (Wildman–Crippen LogP) is 2.90. The van der Waals surface area contributed by atoms with Gasteiger partial charge in [0.05, 0.1) is 5.02 Å². The van der Waals surface area contributed by atoms with Crippen molar-refractivity contribution >= 4 is 21.6 Å². The SMILES string of the molecule is Cc1ccc(S(=O)(=O)NCc2ccc3c(c2)OCCO3)c(Cl)c1. The number of rotatable bonds is 4. The molecule has 0 amide bonds. The van der Waals surface area contributed by atoms with Crippen molar-refractivity contribution in [1.29, 1.82) is 0 Å². The van der Waals surface area contributed by atoms with Crippen LogP contribution in [0, 0.1) is 6.92 Å². The number of halogens is 1. The van der Waals surface area contributed by atoms with Gasteiger partial charge in [-0.1, -0.05) is 23.7 Å². The number of hydrogen-bond acceptors (Lipinski definition) is 4. The molecule has 122 valence electrons. The summed E-state index contributed by atoms with van der Waals surface area (Å²) in [6.45, 7) is 3.00. The van der Waals surface area contributed by atoms with Crippen molar-refractivity contribution in [2.45, 2.75) is 18.4 Å². The monoisotopic (exact) mass is 353 g/mol. The highest BCUT2D eigenvalue weighted by Gasteiger charge is 2.18. The molecule has 0 aromatic heterocycles. The lowest BCUT2D eigenvalue weighted by atomic mass is 10.2. The highest BCUT2D eigenvalue weighted by molar-refractivity contribution is 7.89. The molecule has 0 fully saturated rings. The van der Waals surface area contributed by atoms with E-state index in [1.807, 2.05) is 6.92 Å². The van der Waals surface area contributed by atoms with Crippen LogP contribution in [0.4, 0.5) is 0 Å². The summed E-state index contributed by atoms with van der Waals surface area (Å²) in [6, 6.07) is 10.2. The molecule has 5 nitrogen and oxygen atoms in total. The summed E-state index contributed by atoms with van der Waals surface area (Å²) < 4.78 is 38.2. The number of ether oxygens (including phenoxy) is 2. The molecule has 1 heterocycles. The van der Waals surface area contributed by atoms with Gasteiger partial charge in [0.25, 0.3) is 0 Å². The van der Waals surface area contributed by atoms with Gasteiger partial charge >= 0.3 is 0 Å². The minimum Gasteiger partial charge on any atom is -0.486 e. The summed E-state index contributed by atoms with van der Waals surface area (Å²) in [5.74, 6) is 1.30. The fourth-order valence-electron chi connectivity index (χ4n) is 2.28. The minimum absolute atomic E-state index is 0.0716. The maximum Gasteiger partial charge on any atom is 0.242 e. The van der Waals surface area contributed by atoms with E-state index < -0.39 is 10.0 Å². The molecule has 0 saturated carbocycles. The molecule has 2 aromatic carbocycles. The molecule has 0 radical (unpaired) electrons. The van der Waals surface area contributed by atoms with E-state index in [0.717, 1.165) is 11.1 Å². The van der Waals surface area contributed by atoms with Gasteiger partial charge in [0.2, 0.25) is 10.0 Å². The number of fused-ring (bicyclic) bond motifs is 1. The maximum absolute atomic E-state index is 12.4. The Hall–Kier alpha value is -1.76. The zero-order valence-corrected chi connectivity index (χ0v) is 14.1. The fraction of sp³-hybridized carbons (Fsp3) is 0.250. The third-order valence-corrected chi connectivity index (χ3v) is 5.33. The number of sulfonamides is 1. The Labute approximate surface area is 140 Å². The van der Waals surface area contributed by atoms with Gasteiger partial charge in [-0.2, -0.15) is 0 Å². The minimum atomic E-state index is -3.68. The Morgan fingerprint density at radius 1 is 1.09 bits per heavy atom. The summed E-state index contributed by atoms with van der Waals surface area (Å²) in [7, 11) is -3.68. The Morgan fingerprint density at radius 3 is 2.57 bits per heavy atom. The Bertz CT molecular complexity index is 836. The molecule has 0 aliphatic carbocycles. The first-order valence-electron chi connectivity index (χ1n) is 7.10. The molecule has 1 aliphatic rings. The van der Waals surface area contributed by atoms with Crippen molar-refractivity contribution in [3.05, 3.63) is 52.5 Å². The Morgan fingerprint density at radius 2 is 1.83 bits per heavy atom. The lowest BCUT2D eigenvalue weighted by Crippen LogP contribution is -2.24. The molecular weight excluding hydrogens is 338 g/mol. The third kappa shape index (κ3) is 3.60. The van der Waals surface area contributed by atoms with Crippen molar-refractivity contribution < 1.29 is 17.9 Å². The molecule has 3 rings (SSSR count). The van der Waals surface area contributed by atoms with Crippen LogP contribution >= 0.6 is 11.6 Å². The molecule has 23 heavy (non-hydrogen) atoms. The molecule has 0 unspecified atom stereocenters. The quantitative estimate of drug-likeness (QED) is 0.918. The third-order valence-electron chi connectivity index (χ3n) is 3.45. The van der Waals surface area contributed by atoms with Crippen LogP contribution < -0.4 is 14.2 Å². The maximum atomic E-state index is 12.4. The average Bonchev–Trinajstić information content (AvgIpc) is 2.52. The summed E-state index contributed by atoms with van der Waals surface area (Å²) in [5.41, 5.74) is 1.68. The molecule has 0 saturated heterocycles. The second-order valence-corrected chi connectivity index (χ2v) is 7.38. The normalized spacial score (nSPS) is 13.8. The van der Waals surface area contributed by atoms with E-state index >= 15 is 0 Å². The zero-order valence-electron chi connectivity index (χ0n) is 12.5. The van der Waals surface area contributed by atoms with E-state index in [4.69, 9.17) is 21.1 Å². The van der Waals surface area contributed by atoms with Crippen LogP contribution in [0.15, 0.2) is 41.3 Å². The van der Waals surface area contributed by atoms with Gasteiger partial charge in [0.15, 0.2) is 11.5 Å². The number of nitrogens with one attached hydrogen (secondary N) is 1. The summed E-state index contributed by atoms with van der Waals surface area (Å²) in [4.78, 5) is 0.0716. The lowest BCUT2D eigenvalue weighted by Gasteiger charge is -2.19.